The molecule has 7 heteroatoms. The summed E-state index contributed by atoms with van der Waals surface area (Å²) >= 11 is 0. The molecule has 3 aliphatic rings. The molecule has 7 nitrogen and oxygen atoms in total. The van der Waals surface area contributed by atoms with E-state index in [0.29, 0.717) is 37.5 Å². The maximum Gasteiger partial charge on any atom is 0.255 e. The van der Waals surface area contributed by atoms with E-state index in [-0.39, 0.29) is 29.7 Å². The molecular weight excluding hydrogens is 356 g/mol. The van der Waals surface area contributed by atoms with E-state index in [2.05, 4.69) is 17.6 Å². The zero-order valence-electron chi connectivity index (χ0n) is 16.3. The summed E-state index contributed by atoms with van der Waals surface area (Å²) in [6.07, 6.45) is 4.28. The van der Waals surface area contributed by atoms with Gasteiger partial charge in [0.25, 0.3) is 5.91 Å². The second kappa shape index (κ2) is 7.29. The van der Waals surface area contributed by atoms with E-state index in [0.717, 1.165) is 11.1 Å². The first-order chi connectivity index (χ1) is 13.4. The Morgan fingerprint density at radius 2 is 2.04 bits per heavy atom. The van der Waals surface area contributed by atoms with Crippen molar-refractivity contribution in [3.63, 3.8) is 0 Å². The van der Waals surface area contributed by atoms with Gasteiger partial charge in [-0.3, -0.25) is 19.7 Å². The highest BCUT2D eigenvalue weighted by molar-refractivity contribution is 6.05. The topological polar surface area (TPSA) is 105 Å². The van der Waals surface area contributed by atoms with E-state index < -0.39 is 6.04 Å². The molecule has 2 aliphatic heterocycles. The lowest BCUT2D eigenvalue weighted by Gasteiger charge is -2.40. The summed E-state index contributed by atoms with van der Waals surface area (Å²) in [6, 6.07) is 5.26. The number of nitrogens with zero attached hydrogens (tertiary/aromatic N) is 1. The van der Waals surface area contributed by atoms with Gasteiger partial charge < -0.3 is 16.0 Å². The monoisotopic (exact) mass is 384 g/mol. The number of nitrogens with two attached hydrogens (primary N) is 1. The number of benzene rings is 1. The van der Waals surface area contributed by atoms with Crippen LogP contribution in [0.4, 0.5) is 0 Å². The van der Waals surface area contributed by atoms with Crippen molar-refractivity contribution < 1.29 is 14.4 Å². The number of hydrogen-bond donors (Lipinski definition) is 3. The Kier molecular flexibility index (Phi) is 4.97. The predicted molar refractivity (Wildman–Crippen MR) is 104 cm³/mol. The number of hydrogen-bond acceptors (Lipinski definition) is 5. The Balaban J connectivity index is 1.44. The molecule has 0 spiro atoms. The average Bonchev–Trinajstić information content (AvgIpc) is 2.90. The largest absolute Gasteiger partial charge is 0.324 e. The zero-order valence-corrected chi connectivity index (χ0v) is 16.3. The van der Waals surface area contributed by atoms with Gasteiger partial charge in [-0.05, 0) is 43.2 Å². The Bertz CT molecular complexity index is 816. The third-order valence-electron chi connectivity index (χ3n) is 6.50. The molecule has 4 rings (SSSR count). The van der Waals surface area contributed by atoms with E-state index in [4.69, 9.17) is 5.73 Å². The van der Waals surface area contributed by atoms with Gasteiger partial charge >= 0.3 is 0 Å². The summed E-state index contributed by atoms with van der Waals surface area (Å²) < 4.78 is 0. The van der Waals surface area contributed by atoms with Gasteiger partial charge in [-0.15, -0.1) is 0 Å². The minimum absolute atomic E-state index is 0.128. The summed E-state index contributed by atoms with van der Waals surface area (Å²) in [5, 5.41) is 5.77. The van der Waals surface area contributed by atoms with E-state index >= 15 is 0 Å². The maximum absolute atomic E-state index is 13.1. The fraction of sp³-hybridized carbons (Fsp3) is 0.571. The second-order valence-corrected chi connectivity index (χ2v) is 8.59. The molecule has 150 valence electrons. The molecule has 1 saturated heterocycles. The van der Waals surface area contributed by atoms with Crippen molar-refractivity contribution in [2.75, 3.05) is 6.54 Å². The molecule has 1 aromatic rings. The highest BCUT2D eigenvalue weighted by Crippen LogP contribution is 2.34. The van der Waals surface area contributed by atoms with Crippen molar-refractivity contribution in [1.29, 1.82) is 0 Å². The first kappa shape index (κ1) is 19.1. The first-order valence-electron chi connectivity index (χ1n) is 10.1. The number of carbonyl (C=O) groups excluding carboxylic acids is 3. The van der Waals surface area contributed by atoms with Crippen molar-refractivity contribution >= 4 is 17.7 Å². The van der Waals surface area contributed by atoms with Crippen LogP contribution in [0.5, 0.6) is 0 Å². The lowest BCUT2D eigenvalue weighted by Crippen LogP contribution is -2.54. The standard InChI is InChI=1S/C21H28N4O3/c1-21(22,15-6-3-7-15)12-23-10-13-4-2-5-14-11-25(20(28)18(13)14)16-8-9-17(26)24-19(16)27/h2,4-5,15-16,23H,3,6-12,22H2,1H3,(H,24,26,27). The van der Waals surface area contributed by atoms with E-state index in [9.17, 15) is 14.4 Å². The predicted octanol–water partition coefficient (Wildman–Crippen LogP) is 1.05. The van der Waals surface area contributed by atoms with Gasteiger partial charge in [-0.25, -0.2) is 0 Å². The Labute approximate surface area is 165 Å². The maximum atomic E-state index is 13.1. The van der Waals surface area contributed by atoms with Crippen molar-refractivity contribution in [3.05, 3.63) is 34.9 Å². The summed E-state index contributed by atoms with van der Waals surface area (Å²) in [6.45, 7) is 3.77. The van der Waals surface area contributed by atoms with Gasteiger partial charge in [-0.1, -0.05) is 24.6 Å². The van der Waals surface area contributed by atoms with Gasteiger partial charge in [0.05, 0.1) is 0 Å². The van der Waals surface area contributed by atoms with E-state index in [1.807, 2.05) is 18.2 Å². The number of carbonyl (C=O) groups is 3. The van der Waals surface area contributed by atoms with Crippen LogP contribution in [0, 0.1) is 5.92 Å². The highest BCUT2D eigenvalue weighted by Gasteiger charge is 2.40. The Morgan fingerprint density at radius 3 is 2.71 bits per heavy atom. The molecule has 0 aromatic heterocycles. The van der Waals surface area contributed by atoms with Crippen LogP contribution in [0.1, 0.15) is 60.5 Å². The highest BCUT2D eigenvalue weighted by atomic mass is 16.2. The Hall–Kier alpha value is -2.25. The van der Waals surface area contributed by atoms with E-state index in [1.165, 1.54) is 19.3 Å². The number of fused-ring (bicyclic) bond motifs is 1. The molecule has 2 fully saturated rings. The van der Waals surface area contributed by atoms with Crippen LogP contribution in [-0.2, 0) is 22.7 Å². The van der Waals surface area contributed by atoms with Crippen molar-refractivity contribution in [3.8, 4) is 0 Å². The fourth-order valence-electron chi connectivity index (χ4n) is 4.52. The average molecular weight is 384 g/mol. The summed E-state index contributed by atoms with van der Waals surface area (Å²) in [7, 11) is 0. The van der Waals surface area contributed by atoms with Crippen LogP contribution in [0.2, 0.25) is 0 Å². The van der Waals surface area contributed by atoms with Crippen LogP contribution in [-0.4, -0.2) is 40.7 Å². The molecule has 0 radical (unpaired) electrons. The van der Waals surface area contributed by atoms with Gasteiger partial charge in [-0.2, -0.15) is 0 Å². The quantitative estimate of drug-likeness (QED) is 0.636. The molecule has 1 aromatic carbocycles. The first-order valence-corrected chi connectivity index (χ1v) is 10.1. The Morgan fingerprint density at radius 1 is 1.25 bits per heavy atom. The van der Waals surface area contributed by atoms with Crippen LogP contribution >= 0.6 is 0 Å². The van der Waals surface area contributed by atoms with Crippen LogP contribution in [0.15, 0.2) is 18.2 Å². The second-order valence-electron chi connectivity index (χ2n) is 8.59. The molecule has 1 aliphatic carbocycles. The van der Waals surface area contributed by atoms with Crippen molar-refractivity contribution in [2.45, 2.75) is 63.7 Å². The van der Waals surface area contributed by atoms with Crippen LogP contribution in [0.3, 0.4) is 0 Å². The smallest absolute Gasteiger partial charge is 0.255 e. The molecule has 2 atom stereocenters. The third-order valence-corrected chi connectivity index (χ3v) is 6.50. The van der Waals surface area contributed by atoms with Crippen LogP contribution < -0.4 is 16.4 Å². The third kappa shape index (κ3) is 3.44. The number of amides is 3. The van der Waals surface area contributed by atoms with Gasteiger partial charge in [0.2, 0.25) is 11.8 Å². The lowest BCUT2D eigenvalue weighted by atomic mass is 9.72. The molecular formula is C21H28N4O3. The number of rotatable bonds is 6. The molecule has 2 unspecified atom stereocenters. The molecule has 2 heterocycles. The van der Waals surface area contributed by atoms with Gasteiger partial charge in [0, 0.05) is 37.2 Å². The summed E-state index contributed by atoms with van der Waals surface area (Å²) in [5.41, 5.74) is 8.77. The van der Waals surface area contributed by atoms with Gasteiger partial charge in [0.15, 0.2) is 0 Å². The molecule has 0 bridgehead atoms. The SMILES string of the molecule is CC(N)(CNCc1cccc2c1C(=O)N(C1CCC(=O)NC1=O)C2)C1CCC1. The van der Waals surface area contributed by atoms with Crippen molar-refractivity contribution in [2.24, 2.45) is 11.7 Å². The van der Waals surface area contributed by atoms with Gasteiger partial charge in [0.1, 0.15) is 6.04 Å². The lowest BCUT2D eigenvalue weighted by molar-refractivity contribution is -0.136. The summed E-state index contributed by atoms with van der Waals surface area (Å²) in [5.74, 6) is -0.217. The van der Waals surface area contributed by atoms with Crippen LogP contribution in [0.25, 0.3) is 0 Å². The number of imide groups is 1. The summed E-state index contributed by atoms with van der Waals surface area (Å²) in [4.78, 5) is 38.3. The minimum atomic E-state index is -0.579. The number of piperidine rings is 1. The zero-order chi connectivity index (χ0) is 19.9. The molecule has 3 amide bonds. The fourth-order valence-corrected chi connectivity index (χ4v) is 4.52. The molecule has 1 saturated carbocycles. The number of nitrogens with one attached hydrogen (secondary N) is 2. The molecule has 28 heavy (non-hydrogen) atoms. The van der Waals surface area contributed by atoms with Crippen molar-refractivity contribution in [1.82, 2.24) is 15.5 Å². The minimum Gasteiger partial charge on any atom is -0.324 e. The normalized spacial score (nSPS) is 24.6. The van der Waals surface area contributed by atoms with E-state index in [1.54, 1.807) is 4.90 Å². The molecule has 4 N–H and O–H groups in total.